The molecule has 12 nitrogen and oxygen atoms in total. The Morgan fingerprint density at radius 2 is 0.574 bits per heavy atom. The highest BCUT2D eigenvalue weighted by molar-refractivity contribution is 8.87. The van der Waals surface area contributed by atoms with Crippen molar-refractivity contribution in [2.24, 2.45) is 0 Å². The molecule has 0 spiro atoms. The largest absolute Gasteiger partial charge is 0.507 e. The minimum Gasteiger partial charge on any atom is -0.507 e. The molecule has 0 radical (unpaired) electrons. The van der Waals surface area contributed by atoms with Gasteiger partial charge in [0.15, 0.2) is 0 Å². The van der Waals surface area contributed by atoms with E-state index < -0.39 is 33.7 Å². The Bertz CT molecular complexity index is 2120. The molecule has 0 aliphatic heterocycles. The third-order valence-corrected chi connectivity index (χ3v) is 12.3. The molecule has 4 rings (SSSR count). The van der Waals surface area contributed by atoms with Crippen LogP contribution in [0.25, 0.3) is 0 Å². The van der Waals surface area contributed by atoms with Gasteiger partial charge in [0.25, 0.3) is 0 Å². The highest BCUT2D eigenvalue weighted by Crippen LogP contribution is 2.46. The van der Waals surface area contributed by atoms with Crippen LogP contribution in [0.5, 0.6) is 46.0 Å². The molecule has 0 unspecified atom stereocenters. The van der Waals surface area contributed by atoms with Crippen molar-refractivity contribution in [3.63, 3.8) is 0 Å². The first-order valence-electron chi connectivity index (χ1n) is 16.5. The minimum atomic E-state index is -1.05. The van der Waals surface area contributed by atoms with Crippen molar-refractivity contribution in [3.8, 4) is 46.0 Å². The van der Waals surface area contributed by atoms with Crippen molar-refractivity contribution in [2.75, 3.05) is 0 Å². The van der Waals surface area contributed by atoms with Gasteiger partial charge in [-0.2, -0.15) is 0 Å². The number of benzene rings is 4. The highest BCUT2D eigenvalue weighted by Gasteiger charge is 2.32. The third kappa shape index (κ3) is 6.79. The van der Waals surface area contributed by atoms with Crippen LogP contribution in [0.15, 0.2) is 0 Å². The van der Waals surface area contributed by atoms with E-state index in [9.17, 15) is 49.8 Å². The zero-order valence-corrected chi connectivity index (χ0v) is 33.6. The van der Waals surface area contributed by atoms with E-state index >= 15 is 0 Å². The zero-order chi connectivity index (χ0) is 41.0. The van der Waals surface area contributed by atoms with Gasteiger partial charge in [0.05, 0.1) is 11.1 Å². The fourth-order valence-electron chi connectivity index (χ4n) is 6.16. The Morgan fingerprint density at radius 1 is 0.333 bits per heavy atom. The molecule has 0 bridgehead atoms. The van der Waals surface area contributed by atoms with Gasteiger partial charge < -0.3 is 40.1 Å². The predicted octanol–water partition coefficient (Wildman–Crippen LogP) is 8.42. The van der Waals surface area contributed by atoms with E-state index in [-0.39, 0.29) is 101 Å². The molecule has 286 valence electrons. The molecule has 14 heteroatoms. The Hall–Kier alpha value is -5.34. The van der Waals surface area contributed by atoms with Gasteiger partial charge in [-0.3, -0.25) is 9.59 Å². The van der Waals surface area contributed by atoms with Gasteiger partial charge in [-0.05, 0) is 149 Å². The number of phenols is 6. The number of aromatic hydroxyl groups is 6. The number of carbonyl (C=O) groups is 4. The van der Waals surface area contributed by atoms with E-state index in [0.29, 0.717) is 43.8 Å². The maximum absolute atomic E-state index is 14.0. The molecule has 0 fully saturated rings. The second-order valence-corrected chi connectivity index (χ2v) is 15.3. The van der Waals surface area contributed by atoms with Gasteiger partial charge >= 0.3 is 11.9 Å². The Balaban J connectivity index is 1.75. The van der Waals surface area contributed by atoms with Crippen LogP contribution in [0.4, 0.5) is 0 Å². The van der Waals surface area contributed by atoms with Gasteiger partial charge in [0.1, 0.15) is 57.1 Å². The normalized spacial score (nSPS) is 11.1. The van der Waals surface area contributed by atoms with Crippen LogP contribution in [0.1, 0.15) is 108 Å². The third-order valence-electron chi connectivity index (χ3n) is 10.3. The van der Waals surface area contributed by atoms with Gasteiger partial charge in [0.2, 0.25) is 10.2 Å². The Labute approximate surface area is 320 Å². The molecule has 0 aromatic heterocycles. The van der Waals surface area contributed by atoms with E-state index in [0.717, 1.165) is 0 Å². The Morgan fingerprint density at radius 3 is 0.852 bits per heavy atom. The van der Waals surface area contributed by atoms with Gasteiger partial charge in [-0.1, -0.05) is 0 Å². The summed E-state index contributed by atoms with van der Waals surface area (Å²) in [6.45, 7) is 18.1. The molecule has 0 heterocycles. The van der Waals surface area contributed by atoms with Gasteiger partial charge in [0, 0.05) is 22.3 Å². The molecule has 54 heavy (non-hydrogen) atoms. The molecule has 0 saturated heterocycles. The van der Waals surface area contributed by atoms with Crippen LogP contribution in [0.2, 0.25) is 0 Å². The minimum absolute atomic E-state index is 0.0455. The smallest absolute Gasteiger partial charge is 0.347 e. The van der Waals surface area contributed by atoms with Crippen molar-refractivity contribution in [1.29, 1.82) is 0 Å². The lowest BCUT2D eigenvalue weighted by molar-refractivity contribution is 0.0716. The molecule has 4 aromatic rings. The van der Waals surface area contributed by atoms with Crippen LogP contribution in [0, 0.1) is 83.1 Å². The number of carbonyl (C=O) groups excluding carboxylic acids is 4. The predicted molar refractivity (Wildman–Crippen MR) is 206 cm³/mol. The van der Waals surface area contributed by atoms with E-state index in [1.807, 2.05) is 0 Å². The van der Waals surface area contributed by atoms with Crippen molar-refractivity contribution >= 4 is 43.8 Å². The Kier molecular flexibility index (Phi) is 11.6. The number of rotatable bonds is 6. The summed E-state index contributed by atoms with van der Waals surface area (Å²) in [5, 5.41) is 62.6. The second-order valence-electron chi connectivity index (χ2n) is 13.3. The van der Waals surface area contributed by atoms with Crippen molar-refractivity contribution in [1.82, 2.24) is 0 Å². The SMILES string of the molecule is Cc1c(C)c(C(=O)Oc2c(C)c(O)c(C)c(C)c2C(=O)SSC(=O)c2c(C)c(C)c(O)c(C)c2OC(=O)c2c(C)c(C)c(O)c(C)c2O)c(O)c(C)c1O. The molecule has 6 N–H and O–H groups in total. The highest BCUT2D eigenvalue weighted by atomic mass is 33.1. The van der Waals surface area contributed by atoms with Crippen LogP contribution < -0.4 is 9.47 Å². The van der Waals surface area contributed by atoms with Crippen molar-refractivity contribution in [3.05, 3.63) is 89.0 Å². The fourth-order valence-corrected chi connectivity index (χ4v) is 7.93. The summed E-state index contributed by atoms with van der Waals surface area (Å²) in [5.41, 5.74) is 1.72. The summed E-state index contributed by atoms with van der Waals surface area (Å²) in [4.78, 5) is 55.2. The van der Waals surface area contributed by atoms with Crippen molar-refractivity contribution in [2.45, 2.75) is 83.1 Å². The standard InChI is InChI=1S/C40H42O12S2/c1-13-17(5)29(41)21(9)33(45)25(13)37(47)51-35-23(11)31(43)19(7)15(3)27(35)39(49)53-54-40(50)28-16(4)20(8)32(44)24(12)36(28)52-38(48)26-14(2)18(6)30(42)22(10)34(26)46/h41-46H,1-12H3. The summed E-state index contributed by atoms with van der Waals surface area (Å²) in [6, 6.07) is 0. The maximum atomic E-state index is 14.0. The molecular formula is C40H42O12S2. The fraction of sp³-hybridized carbons (Fsp3) is 0.300. The van der Waals surface area contributed by atoms with E-state index in [1.54, 1.807) is 27.7 Å². The zero-order valence-electron chi connectivity index (χ0n) is 31.9. The van der Waals surface area contributed by atoms with E-state index in [4.69, 9.17) is 9.47 Å². The number of esters is 2. The monoisotopic (exact) mass is 778 g/mol. The molecule has 4 aromatic carbocycles. The number of phenolic OH excluding ortho intramolecular Hbond substituents is 6. The summed E-state index contributed by atoms with van der Waals surface area (Å²) in [6.07, 6.45) is 0. The van der Waals surface area contributed by atoms with Gasteiger partial charge in [-0.15, -0.1) is 0 Å². The maximum Gasteiger partial charge on any atom is 0.347 e. The summed E-state index contributed by atoms with van der Waals surface area (Å²) >= 11 is 0. The molecule has 0 saturated carbocycles. The molecule has 0 atom stereocenters. The van der Waals surface area contributed by atoms with Crippen molar-refractivity contribution < 1.29 is 59.3 Å². The summed E-state index contributed by atoms with van der Waals surface area (Å²) in [5.74, 6) is -4.60. The second kappa shape index (κ2) is 15.2. The van der Waals surface area contributed by atoms with Crippen LogP contribution in [0.3, 0.4) is 0 Å². The number of ether oxygens (including phenoxy) is 2. The first-order chi connectivity index (χ1) is 25.0. The first kappa shape index (κ1) is 41.4. The van der Waals surface area contributed by atoms with Gasteiger partial charge in [-0.25, -0.2) is 9.59 Å². The van der Waals surface area contributed by atoms with Crippen LogP contribution >= 0.6 is 21.6 Å². The summed E-state index contributed by atoms with van der Waals surface area (Å²) < 4.78 is 11.4. The lowest BCUT2D eigenvalue weighted by Crippen LogP contribution is -2.16. The number of hydrogen-bond donors (Lipinski definition) is 6. The molecular weight excluding hydrogens is 737 g/mol. The molecule has 0 amide bonds. The molecule has 0 aliphatic carbocycles. The van der Waals surface area contributed by atoms with E-state index in [2.05, 4.69) is 0 Å². The average Bonchev–Trinajstić information content (AvgIpc) is 3.13. The quantitative estimate of drug-likeness (QED) is 0.0617. The first-order valence-corrected chi connectivity index (χ1v) is 18.7. The van der Waals surface area contributed by atoms with Crippen LogP contribution in [-0.2, 0) is 0 Å². The summed E-state index contributed by atoms with van der Waals surface area (Å²) in [7, 11) is 0.962. The van der Waals surface area contributed by atoms with E-state index in [1.165, 1.54) is 55.4 Å². The molecule has 0 aliphatic rings. The topological polar surface area (TPSA) is 208 Å². The lowest BCUT2D eigenvalue weighted by Gasteiger charge is -2.20. The lowest BCUT2D eigenvalue weighted by atomic mass is 9.96. The van der Waals surface area contributed by atoms with Crippen LogP contribution in [-0.4, -0.2) is 52.8 Å². The average molecular weight is 779 g/mol. The number of hydrogen-bond acceptors (Lipinski definition) is 14.